The summed E-state index contributed by atoms with van der Waals surface area (Å²) in [6, 6.07) is 14.8. The van der Waals surface area contributed by atoms with Gasteiger partial charge in [-0.25, -0.2) is 0 Å². The second kappa shape index (κ2) is 3.14. The smallest absolute Gasteiger partial charge is 0.152 e. The van der Waals surface area contributed by atoms with Crippen LogP contribution in [0.2, 0.25) is 0 Å². The topological polar surface area (TPSA) is 34.1 Å². The molecule has 0 spiro atoms. The lowest BCUT2D eigenvalue weighted by molar-refractivity contribution is 0.0979. The van der Waals surface area contributed by atoms with Gasteiger partial charge >= 0.3 is 0 Å². The third kappa shape index (κ3) is 1.07. The molecular weight excluding hydrogens is 200 g/mol. The first-order valence-electron chi connectivity index (χ1n) is 4.98. The highest BCUT2D eigenvalue weighted by Gasteiger charge is 2.22. The number of benzene rings is 2. The average molecular weight is 207 g/mol. The number of hydrogen-bond donors (Lipinski definition) is 0. The Morgan fingerprint density at radius 3 is 2.12 bits per heavy atom. The Bertz CT molecular complexity index is 506. The molecule has 0 saturated heterocycles. The van der Waals surface area contributed by atoms with Crippen molar-refractivity contribution in [3.05, 3.63) is 70.8 Å². The van der Waals surface area contributed by atoms with Crippen molar-refractivity contribution in [2.24, 2.45) is 0 Å². The molecule has 2 heteroatoms. The Kier molecular flexibility index (Phi) is 1.77. The molecule has 0 amide bonds. The van der Waals surface area contributed by atoms with E-state index in [1.54, 1.807) is 42.5 Å². The quantitative estimate of drug-likeness (QED) is 0.530. The van der Waals surface area contributed by atoms with Crippen LogP contribution in [0, 0.1) is 6.07 Å². The minimum Gasteiger partial charge on any atom is -0.346 e. The number of rotatable bonds is 0. The maximum Gasteiger partial charge on any atom is 0.152 e. The Balaban J connectivity index is 2.35. The predicted octanol–water partition coefficient (Wildman–Crippen LogP) is 2.26. The van der Waals surface area contributed by atoms with Crippen LogP contribution >= 0.6 is 0 Å². The molecule has 0 bridgehead atoms. The summed E-state index contributed by atoms with van der Waals surface area (Å²) in [5, 5.41) is 0. The zero-order valence-electron chi connectivity index (χ0n) is 8.36. The largest absolute Gasteiger partial charge is 0.346 e. The molecule has 0 radical (unpaired) electrons. The maximum atomic E-state index is 12.1. The van der Waals surface area contributed by atoms with Crippen molar-refractivity contribution in [3.8, 4) is 0 Å². The lowest BCUT2D eigenvalue weighted by Crippen LogP contribution is -2.20. The third-order valence-corrected chi connectivity index (χ3v) is 2.74. The summed E-state index contributed by atoms with van der Waals surface area (Å²) in [6.07, 6.45) is 0. The Labute approximate surface area is 92.5 Å². The van der Waals surface area contributed by atoms with Crippen LogP contribution in [0.15, 0.2) is 42.5 Å². The molecule has 0 saturated carbocycles. The van der Waals surface area contributed by atoms with Gasteiger partial charge in [0.15, 0.2) is 5.78 Å². The van der Waals surface area contributed by atoms with Crippen LogP contribution in [-0.4, -0.2) is 11.6 Å². The van der Waals surface area contributed by atoms with Crippen molar-refractivity contribution < 1.29 is 9.59 Å². The molecule has 0 fully saturated rings. The number of ketones is 2. The van der Waals surface area contributed by atoms with Crippen molar-refractivity contribution in [2.45, 2.75) is 0 Å². The summed E-state index contributed by atoms with van der Waals surface area (Å²) in [5.74, 6) is -0.215. The molecule has 3 rings (SSSR count). The van der Waals surface area contributed by atoms with E-state index in [-0.39, 0.29) is 11.6 Å². The molecule has 2 aromatic rings. The molecule has 1 aliphatic rings. The van der Waals surface area contributed by atoms with Gasteiger partial charge in [-0.1, -0.05) is 35.4 Å². The average Bonchev–Trinajstić information content (AvgIpc) is 2.36. The van der Waals surface area contributed by atoms with E-state index in [4.69, 9.17) is 0 Å². The lowest BCUT2D eigenvalue weighted by Gasteiger charge is -2.22. The lowest BCUT2D eigenvalue weighted by atomic mass is 9.84. The molecular formula is C14H7O2-. The molecule has 16 heavy (non-hydrogen) atoms. The third-order valence-electron chi connectivity index (χ3n) is 2.74. The molecule has 2 aromatic carbocycles. The van der Waals surface area contributed by atoms with Gasteiger partial charge in [-0.05, 0) is 5.56 Å². The number of carbonyl (C=O) groups is 2. The minimum atomic E-state index is -0.120. The van der Waals surface area contributed by atoms with Gasteiger partial charge in [-0.15, -0.1) is 24.3 Å². The van der Waals surface area contributed by atoms with Crippen molar-refractivity contribution in [1.82, 2.24) is 0 Å². The molecule has 0 atom stereocenters. The fourth-order valence-electron chi connectivity index (χ4n) is 1.97. The van der Waals surface area contributed by atoms with E-state index in [1.807, 2.05) is 0 Å². The van der Waals surface area contributed by atoms with Crippen LogP contribution in [0.5, 0.6) is 0 Å². The standard InChI is InChI=1S/C14H7O2/c15-13-9-5-1-2-6-10(9)14(16)12-8-4-3-7-11(12)13/h1-7H/q-1. The molecule has 0 unspecified atom stereocenters. The molecule has 0 aliphatic heterocycles. The van der Waals surface area contributed by atoms with Gasteiger partial charge in [0.05, 0.1) is 0 Å². The number of fused-ring (bicyclic) bond motifs is 2. The van der Waals surface area contributed by atoms with Gasteiger partial charge in [-0.3, -0.25) is 4.79 Å². The normalized spacial score (nSPS) is 13.2. The van der Waals surface area contributed by atoms with E-state index in [2.05, 4.69) is 6.07 Å². The Morgan fingerprint density at radius 1 is 0.750 bits per heavy atom. The van der Waals surface area contributed by atoms with E-state index in [1.165, 1.54) is 0 Å². The zero-order valence-corrected chi connectivity index (χ0v) is 8.36. The minimum absolute atomic E-state index is 0.0953. The van der Waals surface area contributed by atoms with Gasteiger partial charge in [0.25, 0.3) is 0 Å². The SMILES string of the molecule is O=C1c2[c-]cccc2C(=O)c2ccccc21. The molecule has 0 N–H and O–H groups in total. The highest BCUT2D eigenvalue weighted by Crippen LogP contribution is 2.26. The van der Waals surface area contributed by atoms with E-state index in [0.29, 0.717) is 22.3 Å². The fraction of sp³-hybridized carbons (Fsp3) is 0. The Morgan fingerprint density at radius 2 is 1.38 bits per heavy atom. The Hall–Kier alpha value is -2.22. The molecule has 1 aliphatic carbocycles. The van der Waals surface area contributed by atoms with Crippen LogP contribution in [0.25, 0.3) is 0 Å². The van der Waals surface area contributed by atoms with Crippen LogP contribution in [0.3, 0.4) is 0 Å². The molecule has 0 heterocycles. The summed E-state index contributed by atoms with van der Waals surface area (Å²) < 4.78 is 0. The van der Waals surface area contributed by atoms with Crippen LogP contribution in [0.4, 0.5) is 0 Å². The van der Waals surface area contributed by atoms with Crippen molar-refractivity contribution in [1.29, 1.82) is 0 Å². The van der Waals surface area contributed by atoms with Crippen molar-refractivity contribution >= 4 is 11.6 Å². The molecule has 0 aromatic heterocycles. The predicted molar refractivity (Wildman–Crippen MR) is 58.6 cm³/mol. The highest BCUT2D eigenvalue weighted by atomic mass is 16.1. The summed E-state index contributed by atoms with van der Waals surface area (Å²) in [6.45, 7) is 0. The second-order valence-corrected chi connectivity index (χ2v) is 3.66. The summed E-state index contributed by atoms with van der Waals surface area (Å²) in [5.41, 5.74) is 1.79. The van der Waals surface area contributed by atoms with E-state index in [0.717, 1.165) is 0 Å². The van der Waals surface area contributed by atoms with Crippen LogP contribution < -0.4 is 0 Å². The van der Waals surface area contributed by atoms with E-state index >= 15 is 0 Å². The number of hydrogen-bond acceptors (Lipinski definition) is 2. The summed E-state index contributed by atoms with van der Waals surface area (Å²) in [4.78, 5) is 24.2. The van der Waals surface area contributed by atoms with Crippen molar-refractivity contribution in [3.63, 3.8) is 0 Å². The van der Waals surface area contributed by atoms with E-state index in [9.17, 15) is 9.59 Å². The van der Waals surface area contributed by atoms with Crippen molar-refractivity contribution in [2.75, 3.05) is 0 Å². The highest BCUT2D eigenvalue weighted by molar-refractivity contribution is 6.28. The summed E-state index contributed by atoms with van der Waals surface area (Å²) >= 11 is 0. The zero-order chi connectivity index (χ0) is 11.1. The molecule has 2 nitrogen and oxygen atoms in total. The second-order valence-electron chi connectivity index (χ2n) is 3.66. The van der Waals surface area contributed by atoms with Gasteiger partial charge < -0.3 is 4.79 Å². The van der Waals surface area contributed by atoms with Gasteiger partial charge in [0.2, 0.25) is 0 Å². The van der Waals surface area contributed by atoms with Gasteiger partial charge in [-0.2, -0.15) is 0 Å². The molecule has 76 valence electrons. The van der Waals surface area contributed by atoms with Gasteiger partial charge in [0.1, 0.15) is 5.78 Å². The maximum absolute atomic E-state index is 12.1. The van der Waals surface area contributed by atoms with Gasteiger partial charge in [0, 0.05) is 5.56 Å². The first kappa shape index (κ1) is 9.04. The first-order valence-corrected chi connectivity index (χ1v) is 4.98. The number of carbonyl (C=O) groups excluding carboxylic acids is 2. The monoisotopic (exact) mass is 207 g/mol. The first-order chi connectivity index (χ1) is 7.79. The summed E-state index contributed by atoms with van der Waals surface area (Å²) in [7, 11) is 0. The van der Waals surface area contributed by atoms with Crippen LogP contribution in [0.1, 0.15) is 31.8 Å². The van der Waals surface area contributed by atoms with E-state index < -0.39 is 0 Å². The van der Waals surface area contributed by atoms with Crippen LogP contribution in [-0.2, 0) is 0 Å². The fourth-order valence-corrected chi connectivity index (χ4v) is 1.97.